The molecule has 0 unspecified atom stereocenters. The van der Waals surface area contributed by atoms with E-state index in [-0.39, 0.29) is 5.82 Å². The molecule has 0 fully saturated rings. The smallest absolute Gasteiger partial charge is 0.123 e. The molecule has 0 saturated carbocycles. The van der Waals surface area contributed by atoms with Gasteiger partial charge in [0.05, 0.1) is 19.8 Å². The monoisotopic (exact) mass is 375 g/mol. The molecular formula is C22H30FNO3. The van der Waals surface area contributed by atoms with Crippen LogP contribution in [0.2, 0.25) is 0 Å². The molecule has 0 saturated heterocycles. The van der Waals surface area contributed by atoms with E-state index in [2.05, 4.69) is 18.7 Å². The van der Waals surface area contributed by atoms with Crippen LogP contribution in [0.4, 0.5) is 4.39 Å². The lowest BCUT2D eigenvalue weighted by molar-refractivity contribution is 0.00554. The number of benzene rings is 2. The van der Waals surface area contributed by atoms with E-state index >= 15 is 0 Å². The minimum atomic E-state index is -0.581. The first-order chi connectivity index (χ1) is 13.0. The maximum Gasteiger partial charge on any atom is 0.123 e. The predicted molar refractivity (Wildman–Crippen MR) is 105 cm³/mol. The van der Waals surface area contributed by atoms with Gasteiger partial charge in [-0.05, 0) is 41.3 Å². The second-order valence-electron chi connectivity index (χ2n) is 7.23. The fourth-order valence-corrected chi connectivity index (χ4v) is 2.81. The largest absolute Gasteiger partial charge is 0.497 e. The Morgan fingerprint density at radius 1 is 0.926 bits per heavy atom. The molecule has 5 heteroatoms. The van der Waals surface area contributed by atoms with Gasteiger partial charge in [0, 0.05) is 26.2 Å². The molecule has 2 aromatic carbocycles. The Bertz CT molecular complexity index is 658. The summed E-state index contributed by atoms with van der Waals surface area (Å²) in [5, 5.41) is 10.4. The van der Waals surface area contributed by atoms with E-state index in [0.29, 0.717) is 38.8 Å². The van der Waals surface area contributed by atoms with Crippen LogP contribution in [0.5, 0.6) is 5.75 Å². The molecule has 0 amide bonds. The van der Waals surface area contributed by atoms with Crippen molar-refractivity contribution in [2.75, 3.05) is 26.9 Å². The van der Waals surface area contributed by atoms with Crippen molar-refractivity contribution < 1.29 is 19.0 Å². The zero-order chi connectivity index (χ0) is 19.6. The van der Waals surface area contributed by atoms with Gasteiger partial charge in [-0.3, -0.25) is 4.90 Å². The van der Waals surface area contributed by atoms with Crippen LogP contribution in [0.1, 0.15) is 25.0 Å². The maximum absolute atomic E-state index is 13.2. The van der Waals surface area contributed by atoms with Crippen molar-refractivity contribution in [2.45, 2.75) is 33.0 Å². The fraction of sp³-hybridized carbons (Fsp3) is 0.455. The van der Waals surface area contributed by atoms with Gasteiger partial charge in [-0.25, -0.2) is 4.39 Å². The molecule has 4 nitrogen and oxygen atoms in total. The normalized spacial score (nSPS) is 12.6. The van der Waals surface area contributed by atoms with Gasteiger partial charge in [0.1, 0.15) is 11.6 Å². The molecule has 0 spiro atoms. The van der Waals surface area contributed by atoms with Crippen molar-refractivity contribution in [1.82, 2.24) is 4.90 Å². The standard InChI is InChI=1S/C22H30FNO3/c1-17(2)15-27-16-21(25)14-24(12-18-4-8-20(23)9-5-18)13-19-6-10-22(26-3)11-7-19/h4-11,17,21,25H,12-16H2,1-3H3/t21-/m0/s1. The van der Waals surface area contributed by atoms with Crippen molar-refractivity contribution in [1.29, 1.82) is 0 Å². The van der Waals surface area contributed by atoms with E-state index in [4.69, 9.17) is 9.47 Å². The number of methoxy groups -OCH3 is 1. The van der Waals surface area contributed by atoms with E-state index in [1.807, 2.05) is 24.3 Å². The lowest BCUT2D eigenvalue weighted by Crippen LogP contribution is -2.34. The van der Waals surface area contributed by atoms with Crippen molar-refractivity contribution in [3.05, 3.63) is 65.5 Å². The summed E-state index contributed by atoms with van der Waals surface area (Å²) in [5.41, 5.74) is 2.12. The van der Waals surface area contributed by atoms with Crippen LogP contribution >= 0.6 is 0 Å². The first-order valence-corrected chi connectivity index (χ1v) is 9.31. The van der Waals surface area contributed by atoms with E-state index in [1.165, 1.54) is 12.1 Å². The van der Waals surface area contributed by atoms with Crippen LogP contribution in [0.25, 0.3) is 0 Å². The van der Waals surface area contributed by atoms with Crippen LogP contribution in [0.15, 0.2) is 48.5 Å². The Balaban J connectivity index is 2.00. The molecule has 148 valence electrons. The molecule has 0 heterocycles. The lowest BCUT2D eigenvalue weighted by Gasteiger charge is -2.25. The van der Waals surface area contributed by atoms with Crippen molar-refractivity contribution in [3.63, 3.8) is 0 Å². The minimum absolute atomic E-state index is 0.248. The highest BCUT2D eigenvalue weighted by molar-refractivity contribution is 5.27. The Kier molecular flexibility index (Phi) is 8.72. The van der Waals surface area contributed by atoms with E-state index in [0.717, 1.165) is 16.9 Å². The molecule has 0 bridgehead atoms. The number of halogens is 1. The number of hydrogen-bond acceptors (Lipinski definition) is 4. The molecule has 0 aliphatic rings. The van der Waals surface area contributed by atoms with Crippen molar-refractivity contribution in [3.8, 4) is 5.75 Å². The third-order valence-corrected chi connectivity index (χ3v) is 4.12. The fourth-order valence-electron chi connectivity index (χ4n) is 2.81. The molecule has 2 aromatic rings. The first kappa shape index (κ1) is 21.4. The van der Waals surface area contributed by atoms with Gasteiger partial charge in [-0.1, -0.05) is 38.1 Å². The average molecular weight is 375 g/mol. The third kappa shape index (κ3) is 8.08. The Morgan fingerprint density at radius 2 is 1.48 bits per heavy atom. The molecule has 27 heavy (non-hydrogen) atoms. The second kappa shape index (κ2) is 11.0. The number of aliphatic hydroxyl groups excluding tert-OH is 1. The van der Waals surface area contributed by atoms with E-state index in [9.17, 15) is 9.50 Å². The third-order valence-electron chi connectivity index (χ3n) is 4.12. The van der Waals surface area contributed by atoms with E-state index in [1.54, 1.807) is 19.2 Å². The highest BCUT2D eigenvalue weighted by Crippen LogP contribution is 2.15. The quantitative estimate of drug-likeness (QED) is 0.647. The summed E-state index contributed by atoms with van der Waals surface area (Å²) >= 11 is 0. The van der Waals surface area contributed by atoms with Crippen LogP contribution in [0.3, 0.4) is 0 Å². The topological polar surface area (TPSA) is 41.9 Å². The van der Waals surface area contributed by atoms with Crippen LogP contribution in [0, 0.1) is 11.7 Å². The van der Waals surface area contributed by atoms with Crippen LogP contribution in [-0.4, -0.2) is 43.0 Å². The Morgan fingerprint density at radius 3 is 2.00 bits per heavy atom. The van der Waals surface area contributed by atoms with E-state index < -0.39 is 6.10 Å². The van der Waals surface area contributed by atoms with Gasteiger partial charge in [0.15, 0.2) is 0 Å². The van der Waals surface area contributed by atoms with Gasteiger partial charge in [0.25, 0.3) is 0 Å². The maximum atomic E-state index is 13.2. The summed E-state index contributed by atoms with van der Waals surface area (Å²) in [7, 11) is 1.64. The molecular weight excluding hydrogens is 345 g/mol. The van der Waals surface area contributed by atoms with Crippen molar-refractivity contribution in [2.24, 2.45) is 5.92 Å². The summed E-state index contributed by atoms with van der Waals surface area (Å²) in [6.07, 6.45) is -0.581. The molecule has 1 N–H and O–H groups in total. The Hall–Kier alpha value is -1.95. The van der Waals surface area contributed by atoms with Gasteiger partial charge < -0.3 is 14.6 Å². The molecule has 0 aliphatic heterocycles. The van der Waals surface area contributed by atoms with Crippen LogP contribution < -0.4 is 4.74 Å². The highest BCUT2D eigenvalue weighted by Gasteiger charge is 2.14. The molecule has 0 aliphatic carbocycles. The first-order valence-electron chi connectivity index (χ1n) is 9.31. The molecule has 1 atom stereocenters. The average Bonchev–Trinajstić information content (AvgIpc) is 2.64. The molecule has 2 rings (SSSR count). The van der Waals surface area contributed by atoms with Gasteiger partial charge in [-0.15, -0.1) is 0 Å². The molecule has 0 aromatic heterocycles. The lowest BCUT2D eigenvalue weighted by atomic mass is 10.1. The number of hydrogen-bond donors (Lipinski definition) is 1. The molecule has 0 radical (unpaired) electrons. The summed E-state index contributed by atoms with van der Waals surface area (Å²) in [4.78, 5) is 2.14. The van der Waals surface area contributed by atoms with Crippen LogP contribution in [-0.2, 0) is 17.8 Å². The zero-order valence-corrected chi connectivity index (χ0v) is 16.4. The summed E-state index contributed by atoms with van der Waals surface area (Å²) in [6, 6.07) is 14.3. The number of nitrogens with zero attached hydrogens (tertiary/aromatic N) is 1. The zero-order valence-electron chi connectivity index (χ0n) is 16.4. The number of aliphatic hydroxyl groups is 1. The SMILES string of the molecule is COc1ccc(CN(Cc2ccc(F)cc2)C[C@H](O)COCC(C)C)cc1. The van der Waals surface area contributed by atoms with Gasteiger partial charge >= 0.3 is 0 Å². The summed E-state index contributed by atoms with van der Waals surface area (Å²) in [5.74, 6) is 1.00. The number of rotatable bonds is 11. The summed E-state index contributed by atoms with van der Waals surface area (Å²) < 4.78 is 23.9. The second-order valence-corrected chi connectivity index (χ2v) is 7.23. The summed E-state index contributed by atoms with van der Waals surface area (Å²) in [6.45, 7) is 6.86. The highest BCUT2D eigenvalue weighted by atomic mass is 19.1. The number of ether oxygens (including phenoxy) is 2. The predicted octanol–water partition coefficient (Wildman–Crippen LogP) is 3.87. The van der Waals surface area contributed by atoms with Gasteiger partial charge in [-0.2, -0.15) is 0 Å². The van der Waals surface area contributed by atoms with Crippen molar-refractivity contribution >= 4 is 0 Å². The van der Waals surface area contributed by atoms with Gasteiger partial charge in [0.2, 0.25) is 0 Å². The Labute approximate surface area is 161 Å². The minimum Gasteiger partial charge on any atom is -0.497 e.